The van der Waals surface area contributed by atoms with Crippen LogP contribution in [0.5, 0.6) is 0 Å². The van der Waals surface area contributed by atoms with Crippen LogP contribution in [-0.4, -0.2) is 20.8 Å². The maximum atomic E-state index is 12.0. The molecule has 102 valence electrons. The summed E-state index contributed by atoms with van der Waals surface area (Å²) in [6, 6.07) is 2.98. The molecule has 2 aromatic rings. The number of aromatic nitrogens is 2. The van der Waals surface area contributed by atoms with Crippen molar-refractivity contribution in [3.63, 3.8) is 0 Å². The maximum Gasteiger partial charge on any atom is 0.275 e. The highest BCUT2D eigenvalue weighted by Gasteiger charge is 2.17. The fourth-order valence-corrected chi connectivity index (χ4v) is 2.03. The third-order valence-electron chi connectivity index (χ3n) is 2.59. The van der Waals surface area contributed by atoms with E-state index < -0.39 is 10.8 Å². The number of carbonyl (C=O) groups excluding carboxylic acids is 1. The summed E-state index contributed by atoms with van der Waals surface area (Å²) < 4.78 is 0.504. The van der Waals surface area contributed by atoms with Crippen molar-refractivity contribution < 1.29 is 9.72 Å². The van der Waals surface area contributed by atoms with Gasteiger partial charge in [0.2, 0.25) is 0 Å². The van der Waals surface area contributed by atoms with Crippen LogP contribution in [-0.2, 0) is 0 Å². The van der Waals surface area contributed by atoms with E-state index in [0.717, 1.165) is 0 Å². The van der Waals surface area contributed by atoms with E-state index in [1.165, 1.54) is 24.7 Å². The van der Waals surface area contributed by atoms with Gasteiger partial charge in [-0.3, -0.25) is 19.9 Å². The Bertz CT molecular complexity index is 676. The number of amides is 1. The van der Waals surface area contributed by atoms with Gasteiger partial charge in [0.25, 0.3) is 11.6 Å². The lowest BCUT2D eigenvalue weighted by molar-refractivity contribution is -0.385. The van der Waals surface area contributed by atoms with Crippen molar-refractivity contribution in [3.8, 4) is 0 Å². The molecule has 0 aliphatic rings. The van der Waals surface area contributed by atoms with Gasteiger partial charge < -0.3 is 5.32 Å². The number of anilines is 1. The van der Waals surface area contributed by atoms with E-state index >= 15 is 0 Å². The van der Waals surface area contributed by atoms with Gasteiger partial charge in [-0.15, -0.1) is 0 Å². The zero-order chi connectivity index (χ0) is 14.7. The monoisotopic (exact) mass is 336 g/mol. The number of nitrogens with one attached hydrogen (secondary N) is 1. The first kappa shape index (κ1) is 14.1. The van der Waals surface area contributed by atoms with Crippen LogP contribution >= 0.6 is 15.9 Å². The van der Waals surface area contributed by atoms with Gasteiger partial charge in [-0.1, -0.05) is 15.9 Å². The first-order chi connectivity index (χ1) is 9.49. The Morgan fingerprint density at radius 2 is 2.15 bits per heavy atom. The van der Waals surface area contributed by atoms with Crippen molar-refractivity contribution in [1.82, 2.24) is 9.97 Å². The van der Waals surface area contributed by atoms with Crippen LogP contribution in [0.4, 0.5) is 11.4 Å². The van der Waals surface area contributed by atoms with Crippen LogP contribution in [0, 0.1) is 17.0 Å². The van der Waals surface area contributed by atoms with Gasteiger partial charge in [-0.25, -0.2) is 4.98 Å². The molecule has 0 aliphatic carbocycles. The van der Waals surface area contributed by atoms with Gasteiger partial charge in [-0.2, -0.15) is 0 Å². The number of nitro benzene ring substituents is 1. The Hall–Kier alpha value is -2.35. The molecule has 8 heteroatoms. The second-order valence-corrected chi connectivity index (χ2v) is 4.82. The molecule has 2 rings (SSSR count). The summed E-state index contributed by atoms with van der Waals surface area (Å²) in [5.41, 5.74) is 0.778. The molecule has 1 heterocycles. The molecule has 1 amide bonds. The van der Waals surface area contributed by atoms with E-state index in [1.54, 1.807) is 13.0 Å². The number of halogens is 1. The van der Waals surface area contributed by atoms with Crippen LogP contribution in [0.25, 0.3) is 0 Å². The van der Waals surface area contributed by atoms with Crippen molar-refractivity contribution in [2.24, 2.45) is 0 Å². The summed E-state index contributed by atoms with van der Waals surface area (Å²) >= 11 is 3.18. The Morgan fingerprint density at radius 1 is 1.40 bits per heavy atom. The minimum atomic E-state index is -0.502. The highest BCUT2D eigenvalue weighted by atomic mass is 79.9. The van der Waals surface area contributed by atoms with Crippen LogP contribution < -0.4 is 5.32 Å². The minimum absolute atomic E-state index is 0.0752. The molecule has 0 atom stereocenters. The van der Waals surface area contributed by atoms with E-state index in [2.05, 4.69) is 31.2 Å². The maximum absolute atomic E-state index is 12.0. The van der Waals surface area contributed by atoms with Crippen molar-refractivity contribution in [3.05, 3.63) is 56.6 Å². The second-order valence-electron chi connectivity index (χ2n) is 3.90. The summed E-state index contributed by atoms with van der Waals surface area (Å²) in [6.45, 7) is 1.57. The smallest absolute Gasteiger partial charge is 0.275 e. The molecule has 0 spiro atoms. The average Bonchev–Trinajstić information content (AvgIpc) is 2.43. The highest BCUT2D eigenvalue weighted by Crippen LogP contribution is 2.30. The zero-order valence-electron chi connectivity index (χ0n) is 10.3. The van der Waals surface area contributed by atoms with Gasteiger partial charge in [0.1, 0.15) is 5.69 Å². The van der Waals surface area contributed by atoms with Crippen molar-refractivity contribution in [2.45, 2.75) is 6.92 Å². The molecule has 0 unspecified atom stereocenters. The molecule has 0 saturated heterocycles. The predicted molar refractivity (Wildman–Crippen MR) is 75.5 cm³/mol. The van der Waals surface area contributed by atoms with Crippen molar-refractivity contribution in [1.29, 1.82) is 0 Å². The van der Waals surface area contributed by atoms with Crippen LogP contribution in [0.15, 0.2) is 35.2 Å². The summed E-state index contributed by atoms with van der Waals surface area (Å²) in [5, 5.41) is 13.5. The third kappa shape index (κ3) is 2.97. The number of nitrogens with zero attached hydrogens (tertiary/aromatic N) is 3. The molecule has 7 nitrogen and oxygen atoms in total. The molecule has 0 aliphatic heterocycles. The lowest BCUT2D eigenvalue weighted by atomic mass is 10.1. The van der Waals surface area contributed by atoms with Crippen molar-refractivity contribution in [2.75, 3.05) is 5.32 Å². The number of benzene rings is 1. The van der Waals surface area contributed by atoms with Crippen LogP contribution in [0.3, 0.4) is 0 Å². The summed E-state index contributed by atoms with van der Waals surface area (Å²) in [5.74, 6) is -0.478. The standard InChI is InChI=1S/C12H9BrN4O3/c1-7-9(4-8(13)5-11(7)17(19)20)16-12(18)10-6-14-2-3-15-10/h2-6H,1H3,(H,16,18). The normalized spacial score (nSPS) is 10.1. The number of rotatable bonds is 3. The number of carbonyl (C=O) groups is 1. The zero-order valence-corrected chi connectivity index (χ0v) is 11.9. The van der Waals surface area contributed by atoms with E-state index in [1.807, 2.05) is 0 Å². The summed E-state index contributed by atoms with van der Waals surface area (Å²) in [7, 11) is 0. The predicted octanol–water partition coefficient (Wildman–Crippen LogP) is 2.71. The van der Waals surface area contributed by atoms with E-state index in [0.29, 0.717) is 15.7 Å². The van der Waals surface area contributed by atoms with E-state index in [-0.39, 0.29) is 11.4 Å². The molecule has 0 bridgehead atoms. The number of hydrogen-bond acceptors (Lipinski definition) is 5. The molecule has 1 N–H and O–H groups in total. The lowest BCUT2D eigenvalue weighted by Gasteiger charge is -2.09. The molecule has 0 radical (unpaired) electrons. The minimum Gasteiger partial charge on any atom is -0.320 e. The molecule has 1 aromatic carbocycles. The first-order valence-corrected chi connectivity index (χ1v) is 6.30. The molecule has 1 aromatic heterocycles. The quantitative estimate of drug-likeness (QED) is 0.686. The van der Waals surface area contributed by atoms with Gasteiger partial charge in [-0.05, 0) is 13.0 Å². The second kappa shape index (κ2) is 5.74. The fourth-order valence-electron chi connectivity index (χ4n) is 1.59. The molecule has 20 heavy (non-hydrogen) atoms. The Labute approximate surface area is 122 Å². The molecule has 0 fully saturated rings. The lowest BCUT2D eigenvalue weighted by Crippen LogP contribution is -2.15. The largest absolute Gasteiger partial charge is 0.320 e. The van der Waals surface area contributed by atoms with Crippen molar-refractivity contribution >= 4 is 33.2 Å². The molecule has 0 saturated carbocycles. The van der Waals surface area contributed by atoms with Crippen LogP contribution in [0.2, 0.25) is 0 Å². The first-order valence-electron chi connectivity index (χ1n) is 5.51. The molecular weight excluding hydrogens is 328 g/mol. The Balaban J connectivity index is 2.35. The van der Waals surface area contributed by atoms with Gasteiger partial charge in [0.15, 0.2) is 0 Å². The van der Waals surface area contributed by atoms with Crippen LogP contribution in [0.1, 0.15) is 16.1 Å². The molecular formula is C12H9BrN4O3. The number of hydrogen-bond donors (Lipinski definition) is 1. The Morgan fingerprint density at radius 3 is 2.75 bits per heavy atom. The number of nitro groups is 1. The summed E-state index contributed by atoms with van der Waals surface area (Å²) in [6.07, 6.45) is 4.16. The van der Waals surface area contributed by atoms with E-state index in [4.69, 9.17) is 0 Å². The SMILES string of the molecule is Cc1c(NC(=O)c2cnccn2)cc(Br)cc1[N+](=O)[O-]. The Kier molecular flexibility index (Phi) is 4.04. The fraction of sp³-hybridized carbons (Fsp3) is 0.0833. The average molecular weight is 337 g/mol. The summed E-state index contributed by atoms with van der Waals surface area (Å²) in [4.78, 5) is 30.0. The van der Waals surface area contributed by atoms with Gasteiger partial charge >= 0.3 is 0 Å². The third-order valence-corrected chi connectivity index (χ3v) is 3.04. The van der Waals surface area contributed by atoms with Gasteiger partial charge in [0, 0.05) is 22.9 Å². The highest BCUT2D eigenvalue weighted by molar-refractivity contribution is 9.10. The van der Waals surface area contributed by atoms with E-state index in [9.17, 15) is 14.9 Å². The topological polar surface area (TPSA) is 98.0 Å². The van der Waals surface area contributed by atoms with Gasteiger partial charge in [0.05, 0.1) is 22.4 Å².